The molecule has 1 aromatic rings. The Morgan fingerprint density at radius 3 is 2.43 bits per heavy atom. The van der Waals surface area contributed by atoms with Crippen molar-refractivity contribution < 1.29 is 24.8 Å². The monoisotopic (exact) mass is 196 g/mol. The number of rotatable bonds is 2. The molecule has 0 bridgehead atoms. The predicted molar refractivity (Wildman–Crippen MR) is 46.2 cm³/mol. The van der Waals surface area contributed by atoms with Crippen LogP contribution >= 0.6 is 0 Å². The van der Waals surface area contributed by atoms with Crippen molar-refractivity contribution in [1.29, 1.82) is 0 Å². The Kier molecular flexibility index (Phi) is 2.83. The van der Waals surface area contributed by atoms with Crippen LogP contribution in [-0.4, -0.2) is 22.3 Å². The van der Waals surface area contributed by atoms with Crippen LogP contribution in [0.2, 0.25) is 0 Å². The summed E-state index contributed by atoms with van der Waals surface area (Å²) in [5.74, 6) is -2.32. The SMILES string of the molecule is Cc1ccc(C(=O)O)c(C(=O)OO)c1. The third-order valence-corrected chi connectivity index (χ3v) is 1.71. The number of carboxylic acids is 1. The number of aryl methyl sites for hydroxylation is 1. The van der Waals surface area contributed by atoms with Crippen molar-refractivity contribution >= 4 is 11.9 Å². The third-order valence-electron chi connectivity index (χ3n) is 1.71. The van der Waals surface area contributed by atoms with Gasteiger partial charge in [-0.05, 0) is 19.1 Å². The van der Waals surface area contributed by atoms with E-state index in [-0.39, 0.29) is 11.1 Å². The van der Waals surface area contributed by atoms with Gasteiger partial charge in [-0.25, -0.2) is 9.59 Å². The fourth-order valence-electron chi connectivity index (χ4n) is 1.06. The second kappa shape index (κ2) is 3.89. The Bertz CT molecular complexity index is 383. The van der Waals surface area contributed by atoms with Crippen LogP contribution in [0.15, 0.2) is 18.2 Å². The van der Waals surface area contributed by atoms with E-state index in [1.54, 1.807) is 13.0 Å². The zero-order valence-corrected chi connectivity index (χ0v) is 7.35. The van der Waals surface area contributed by atoms with Crippen LogP contribution in [0.25, 0.3) is 0 Å². The molecule has 0 aliphatic heterocycles. The van der Waals surface area contributed by atoms with Gasteiger partial charge in [0.25, 0.3) is 0 Å². The molecule has 5 heteroatoms. The standard InChI is InChI=1S/C9H8O5/c1-5-2-3-6(8(10)11)7(4-5)9(12)14-13/h2-4,13H,1H3,(H,10,11). The molecule has 0 aliphatic carbocycles. The Labute approximate surface area is 79.5 Å². The van der Waals surface area contributed by atoms with E-state index in [0.717, 1.165) is 0 Å². The van der Waals surface area contributed by atoms with E-state index >= 15 is 0 Å². The average molecular weight is 196 g/mol. The first-order valence-corrected chi connectivity index (χ1v) is 3.76. The highest BCUT2D eigenvalue weighted by molar-refractivity contribution is 6.02. The summed E-state index contributed by atoms with van der Waals surface area (Å²) in [6, 6.07) is 4.17. The van der Waals surface area contributed by atoms with Crippen LogP contribution in [0, 0.1) is 6.92 Å². The lowest BCUT2D eigenvalue weighted by atomic mass is 10.0. The lowest BCUT2D eigenvalue weighted by Gasteiger charge is -2.03. The summed E-state index contributed by atoms with van der Waals surface area (Å²) < 4.78 is 0. The first-order chi connectivity index (χ1) is 6.56. The molecule has 0 radical (unpaired) electrons. The van der Waals surface area contributed by atoms with Gasteiger partial charge in [0.15, 0.2) is 0 Å². The smallest absolute Gasteiger partial charge is 0.373 e. The molecule has 0 amide bonds. The van der Waals surface area contributed by atoms with Crippen LogP contribution in [-0.2, 0) is 4.89 Å². The predicted octanol–water partition coefficient (Wildman–Crippen LogP) is 1.32. The van der Waals surface area contributed by atoms with Gasteiger partial charge in [0.05, 0.1) is 11.1 Å². The highest BCUT2D eigenvalue weighted by Crippen LogP contribution is 2.12. The number of carbonyl (C=O) groups excluding carboxylic acids is 1. The van der Waals surface area contributed by atoms with E-state index < -0.39 is 11.9 Å². The molecular weight excluding hydrogens is 188 g/mol. The molecule has 14 heavy (non-hydrogen) atoms. The summed E-state index contributed by atoms with van der Waals surface area (Å²) in [5.41, 5.74) is 0.338. The molecule has 0 saturated carbocycles. The Morgan fingerprint density at radius 2 is 1.93 bits per heavy atom. The van der Waals surface area contributed by atoms with E-state index in [2.05, 4.69) is 4.89 Å². The van der Waals surface area contributed by atoms with Gasteiger partial charge in [0.2, 0.25) is 0 Å². The van der Waals surface area contributed by atoms with Crippen LogP contribution in [0.1, 0.15) is 26.3 Å². The van der Waals surface area contributed by atoms with Crippen molar-refractivity contribution in [1.82, 2.24) is 0 Å². The minimum atomic E-state index is -1.24. The van der Waals surface area contributed by atoms with Crippen LogP contribution < -0.4 is 0 Å². The molecule has 0 fully saturated rings. The van der Waals surface area contributed by atoms with E-state index in [1.807, 2.05) is 0 Å². The fraction of sp³-hybridized carbons (Fsp3) is 0.111. The molecule has 0 aliphatic rings. The van der Waals surface area contributed by atoms with Gasteiger partial charge in [-0.1, -0.05) is 11.6 Å². The minimum absolute atomic E-state index is 0.167. The molecule has 1 rings (SSSR count). The van der Waals surface area contributed by atoms with Crippen molar-refractivity contribution in [2.24, 2.45) is 0 Å². The topological polar surface area (TPSA) is 83.8 Å². The number of hydrogen-bond donors (Lipinski definition) is 2. The van der Waals surface area contributed by atoms with Gasteiger partial charge in [-0.15, -0.1) is 0 Å². The summed E-state index contributed by atoms with van der Waals surface area (Å²) in [6.45, 7) is 1.69. The van der Waals surface area contributed by atoms with Gasteiger partial charge in [0, 0.05) is 0 Å². The van der Waals surface area contributed by atoms with E-state index in [0.29, 0.717) is 5.56 Å². The summed E-state index contributed by atoms with van der Waals surface area (Å²) in [7, 11) is 0. The van der Waals surface area contributed by atoms with Gasteiger partial charge < -0.3 is 5.11 Å². The molecule has 0 spiro atoms. The molecule has 0 saturated heterocycles. The summed E-state index contributed by atoms with van der Waals surface area (Å²) in [5, 5.41) is 16.9. The Morgan fingerprint density at radius 1 is 1.29 bits per heavy atom. The van der Waals surface area contributed by atoms with E-state index in [9.17, 15) is 9.59 Å². The minimum Gasteiger partial charge on any atom is -0.478 e. The van der Waals surface area contributed by atoms with Gasteiger partial charge in [0.1, 0.15) is 0 Å². The number of aromatic carboxylic acids is 1. The Hall–Kier alpha value is -1.88. The number of carboxylic acid groups (broad SMARTS) is 1. The molecule has 74 valence electrons. The average Bonchev–Trinajstić information content (AvgIpc) is 2.16. The molecule has 0 unspecified atom stereocenters. The number of carbonyl (C=O) groups is 2. The quantitative estimate of drug-likeness (QED) is 0.550. The van der Waals surface area contributed by atoms with E-state index in [1.165, 1.54) is 12.1 Å². The van der Waals surface area contributed by atoms with Crippen molar-refractivity contribution in [3.63, 3.8) is 0 Å². The normalized spacial score (nSPS) is 9.57. The second-order valence-electron chi connectivity index (χ2n) is 2.73. The maximum atomic E-state index is 11.0. The molecule has 2 N–H and O–H groups in total. The summed E-state index contributed by atoms with van der Waals surface area (Å²) >= 11 is 0. The van der Waals surface area contributed by atoms with Gasteiger partial charge in [-0.3, -0.25) is 4.89 Å². The van der Waals surface area contributed by atoms with Crippen LogP contribution in [0.5, 0.6) is 0 Å². The Balaban J connectivity index is 3.29. The second-order valence-corrected chi connectivity index (χ2v) is 2.73. The molecule has 1 aromatic carbocycles. The highest BCUT2D eigenvalue weighted by atomic mass is 17.1. The van der Waals surface area contributed by atoms with Crippen molar-refractivity contribution in [3.05, 3.63) is 34.9 Å². The first-order valence-electron chi connectivity index (χ1n) is 3.76. The van der Waals surface area contributed by atoms with E-state index in [4.69, 9.17) is 10.4 Å². The van der Waals surface area contributed by atoms with Crippen molar-refractivity contribution in [2.75, 3.05) is 0 Å². The van der Waals surface area contributed by atoms with Gasteiger partial charge >= 0.3 is 11.9 Å². The highest BCUT2D eigenvalue weighted by Gasteiger charge is 2.17. The zero-order valence-electron chi connectivity index (χ0n) is 7.35. The number of benzene rings is 1. The molecule has 0 atom stereocenters. The molecule has 5 nitrogen and oxygen atoms in total. The third kappa shape index (κ3) is 1.89. The molecular formula is C9H8O5. The molecule has 0 aromatic heterocycles. The lowest BCUT2D eigenvalue weighted by molar-refractivity contribution is -0.182. The van der Waals surface area contributed by atoms with Crippen LogP contribution in [0.4, 0.5) is 0 Å². The van der Waals surface area contributed by atoms with Crippen molar-refractivity contribution in [2.45, 2.75) is 6.92 Å². The maximum absolute atomic E-state index is 11.0. The molecule has 0 heterocycles. The van der Waals surface area contributed by atoms with Crippen molar-refractivity contribution in [3.8, 4) is 0 Å². The lowest BCUT2D eigenvalue weighted by Crippen LogP contribution is -2.10. The first kappa shape index (κ1) is 10.2. The maximum Gasteiger partial charge on any atom is 0.373 e. The van der Waals surface area contributed by atoms with Gasteiger partial charge in [-0.2, -0.15) is 5.26 Å². The van der Waals surface area contributed by atoms with Crippen LogP contribution in [0.3, 0.4) is 0 Å². The summed E-state index contributed by atoms with van der Waals surface area (Å²) in [4.78, 5) is 25.1. The fourth-order valence-corrected chi connectivity index (χ4v) is 1.06. The summed E-state index contributed by atoms with van der Waals surface area (Å²) in [6.07, 6.45) is 0. The largest absolute Gasteiger partial charge is 0.478 e. The number of hydrogen-bond acceptors (Lipinski definition) is 4. The zero-order chi connectivity index (χ0) is 10.7.